The summed E-state index contributed by atoms with van der Waals surface area (Å²) < 4.78 is 4.35. The molecule has 0 bridgehead atoms. The number of hydrogen-bond donors (Lipinski definition) is 1. The Labute approximate surface area is 174 Å². The van der Waals surface area contributed by atoms with E-state index in [-0.39, 0.29) is 12.6 Å². The Balaban J connectivity index is 2.26. The van der Waals surface area contributed by atoms with Crippen LogP contribution in [-0.4, -0.2) is 38.3 Å². The molecule has 3 aromatic rings. The number of rotatable bonds is 6. The van der Waals surface area contributed by atoms with E-state index in [0.29, 0.717) is 41.3 Å². The zero-order chi connectivity index (χ0) is 22.2. The van der Waals surface area contributed by atoms with E-state index in [9.17, 15) is 14.9 Å². The fourth-order valence-electron chi connectivity index (χ4n) is 3.74. The number of likely N-dealkylation sites (N-methyl/N-ethyl adjacent to an activating group) is 1. The summed E-state index contributed by atoms with van der Waals surface area (Å²) in [5.41, 5.74) is 7.75. The van der Waals surface area contributed by atoms with Gasteiger partial charge in [0.15, 0.2) is 11.2 Å². The van der Waals surface area contributed by atoms with Crippen molar-refractivity contribution in [1.29, 1.82) is 5.26 Å². The van der Waals surface area contributed by atoms with Gasteiger partial charge in [0.05, 0.1) is 18.2 Å². The van der Waals surface area contributed by atoms with Crippen LogP contribution in [0.4, 0.5) is 5.95 Å². The largest absolute Gasteiger partial charge is 0.344 e. The van der Waals surface area contributed by atoms with Crippen molar-refractivity contribution in [3.05, 3.63) is 55.7 Å². The van der Waals surface area contributed by atoms with E-state index in [2.05, 4.69) is 11.1 Å². The fraction of sp³-hybridized carbons (Fsp3) is 0.429. The number of aromatic nitrogens is 4. The third kappa shape index (κ3) is 3.62. The zero-order valence-corrected chi connectivity index (χ0v) is 18.0. The van der Waals surface area contributed by atoms with Gasteiger partial charge in [-0.25, -0.2) is 4.79 Å². The lowest BCUT2D eigenvalue weighted by atomic mass is 10.1. The number of benzene rings is 1. The Bertz CT molecular complexity index is 1260. The lowest BCUT2D eigenvalue weighted by Gasteiger charge is -2.20. The van der Waals surface area contributed by atoms with Gasteiger partial charge in [0, 0.05) is 33.2 Å². The Kier molecular flexibility index (Phi) is 5.80. The molecule has 0 aliphatic heterocycles. The maximum absolute atomic E-state index is 13.4. The standard InChI is InChI=1S/C21H27N7O2/c1-6-27-17-18(24-20(27)25(4)11-14(3)23)26(5)21(30)28(19(17)29)12-16-9-13(2)7-8-15(16)10-22/h7-9,14H,6,11-12,23H2,1-5H3/t14-/m0/s1. The van der Waals surface area contributed by atoms with Crippen molar-refractivity contribution >= 4 is 17.1 Å². The number of nitriles is 1. The molecule has 30 heavy (non-hydrogen) atoms. The molecule has 0 radical (unpaired) electrons. The molecule has 0 unspecified atom stereocenters. The van der Waals surface area contributed by atoms with E-state index in [1.54, 1.807) is 17.7 Å². The Hall–Kier alpha value is -3.38. The van der Waals surface area contributed by atoms with Gasteiger partial charge in [0.1, 0.15) is 0 Å². The molecule has 1 atom stereocenters. The highest BCUT2D eigenvalue weighted by Gasteiger charge is 2.22. The average molecular weight is 409 g/mol. The Morgan fingerprint density at radius 1 is 1.30 bits per heavy atom. The Morgan fingerprint density at radius 2 is 2.00 bits per heavy atom. The zero-order valence-electron chi connectivity index (χ0n) is 18.0. The number of imidazole rings is 1. The van der Waals surface area contributed by atoms with Crippen LogP contribution in [0.25, 0.3) is 11.2 Å². The normalized spacial score (nSPS) is 12.2. The van der Waals surface area contributed by atoms with Crippen molar-refractivity contribution in [1.82, 2.24) is 18.7 Å². The smallest absolute Gasteiger partial charge is 0.332 e. The van der Waals surface area contributed by atoms with Crippen LogP contribution in [0.5, 0.6) is 0 Å². The van der Waals surface area contributed by atoms with Gasteiger partial charge in [-0.15, -0.1) is 0 Å². The van der Waals surface area contributed by atoms with Crippen LogP contribution in [0.2, 0.25) is 0 Å². The molecule has 0 spiro atoms. The third-order valence-electron chi connectivity index (χ3n) is 5.14. The van der Waals surface area contributed by atoms with Crippen LogP contribution in [-0.2, 0) is 20.1 Å². The predicted molar refractivity (Wildman–Crippen MR) is 117 cm³/mol. The summed E-state index contributed by atoms with van der Waals surface area (Å²) in [4.78, 5) is 32.9. The summed E-state index contributed by atoms with van der Waals surface area (Å²) in [5, 5.41) is 9.42. The van der Waals surface area contributed by atoms with Crippen molar-refractivity contribution in [2.24, 2.45) is 12.8 Å². The van der Waals surface area contributed by atoms with Crippen molar-refractivity contribution < 1.29 is 0 Å². The lowest BCUT2D eigenvalue weighted by Crippen LogP contribution is -2.40. The van der Waals surface area contributed by atoms with Crippen LogP contribution < -0.4 is 21.9 Å². The van der Waals surface area contributed by atoms with Gasteiger partial charge in [-0.1, -0.05) is 17.7 Å². The van der Waals surface area contributed by atoms with Crippen molar-refractivity contribution in [2.45, 2.75) is 39.9 Å². The van der Waals surface area contributed by atoms with Gasteiger partial charge in [-0.3, -0.25) is 13.9 Å². The van der Waals surface area contributed by atoms with Crippen LogP contribution in [0.1, 0.15) is 30.5 Å². The molecule has 0 amide bonds. The highest BCUT2D eigenvalue weighted by molar-refractivity contribution is 5.74. The molecule has 2 heterocycles. The minimum absolute atomic E-state index is 0.0198. The molecule has 158 valence electrons. The summed E-state index contributed by atoms with van der Waals surface area (Å²) in [6.45, 7) is 6.81. The minimum Gasteiger partial charge on any atom is -0.344 e. The summed E-state index contributed by atoms with van der Waals surface area (Å²) in [5.74, 6) is 0.586. The first-order valence-corrected chi connectivity index (χ1v) is 9.86. The molecule has 0 fully saturated rings. The second-order valence-corrected chi connectivity index (χ2v) is 7.69. The van der Waals surface area contributed by atoms with E-state index < -0.39 is 11.2 Å². The van der Waals surface area contributed by atoms with E-state index in [0.717, 1.165) is 5.56 Å². The van der Waals surface area contributed by atoms with Crippen molar-refractivity contribution in [3.63, 3.8) is 0 Å². The first-order chi connectivity index (χ1) is 14.2. The first-order valence-electron chi connectivity index (χ1n) is 9.86. The van der Waals surface area contributed by atoms with Crippen LogP contribution in [0.3, 0.4) is 0 Å². The van der Waals surface area contributed by atoms with Crippen molar-refractivity contribution in [2.75, 3.05) is 18.5 Å². The molecule has 1 aromatic carbocycles. The van der Waals surface area contributed by atoms with E-state index in [1.165, 1.54) is 9.13 Å². The van der Waals surface area contributed by atoms with Gasteiger partial charge in [0.25, 0.3) is 5.56 Å². The second-order valence-electron chi connectivity index (χ2n) is 7.69. The topological polar surface area (TPSA) is 115 Å². The number of anilines is 1. The first kappa shape index (κ1) is 21.3. The van der Waals surface area contributed by atoms with Gasteiger partial charge in [-0.05, 0) is 32.4 Å². The van der Waals surface area contributed by atoms with Crippen LogP contribution in [0, 0.1) is 18.3 Å². The Morgan fingerprint density at radius 3 is 2.60 bits per heavy atom. The fourth-order valence-corrected chi connectivity index (χ4v) is 3.74. The molecule has 0 saturated carbocycles. The molecule has 0 aliphatic rings. The monoisotopic (exact) mass is 409 g/mol. The van der Waals surface area contributed by atoms with E-state index in [1.807, 2.05) is 44.9 Å². The molecule has 2 aromatic heterocycles. The highest BCUT2D eigenvalue weighted by Crippen LogP contribution is 2.19. The molecular formula is C21H27N7O2. The predicted octanol–water partition coefficient (Wildman–Crippen LogP) is 0.928. The van der Waals surface area contributed by atoms with Crippen LogP contribution in [0.15, 0.2) is 27.8 Å². The highest BCUT2D eigenvalue weighted by atomic mass is 16.2. The maximum atomic E-state index is 13.4. The second kappa shape index (κ2) is 8.16. The number of hydrogen-bond acceptors (Lipinski definition) is 6. The summed E-state index contributed by atoms with van der Waals surface area (Å²) >= 11 is 0. The summed E-state index contributed by atoms with van der Waals surface area (Å²) in [6, 6.07) is 7.42. The molecular weight excluding hydrogens is 382 g/mol. The van der Waals surface area contributed by atoms with Crippen LogP contribution >= 0.6 is 0 Å². The SMILES string of the molecule is CCn1c(N(C)C[C@H](C)N)nc2c1c(=O)n(Cc1cc(C)ccc1C#N)c(=O)n2C. The summed E-state index contributed by atoms with van der Waals surface area (Å²) in [7, 11) is 3.46. The number of nitrogens with two attached hydrogens (primary N) is 1. The molecule has 9 nitrogen and oxygen atoms in total. The van der Waals surface area contributed by atoms with Gasteiger partial charge in [0.2, 0.25) is 5.95 Å². The quantitative estimate of drug-likeness (QED) is 0.648. The molecule has 2 N–H and O–H groups in total. The number of fused-ring (bicyclic) bond motifs is 1. The third-order valence-corrected chi connectivity index (χ3v) is 5.14. The van der Waals surface area contributed by atoms with Crippen molar-refractivity contribution in [3.8, 4) is 6.07 Å². The van der Waals surface area contributed by atoms with Gasteiger partial charge < -0.3 is 15.2 Å². The minimum atomic E-state index is -0.472. The molecule has 9 heteroatoms. The van der Waals surface area contributed by atoms with E-state index >= 15 is 0 Å². The molecule has 0 saturated heterocycles. The number of aryl methyl sites for hydroxylation is 3. The maximum Gasteiger partial charge on any atom is 0.332 e. The number of nitrogens with zero attached hydrogens (tertiary/aromatic N) is 6. The van der Waals surface area contributed by atoms with Gasteiger partial charge >= 0.3 is 5.69 Å². The molecule has 3 rings (SSSR count). The summed E-state index contributed by atoms with van der Waals surface area (Å²) in [6.07, 6.45) is 0. The van der Waals surface area contributed by atoms with E-state index in [4.69, 9.17) is 5.73 Å². The lowest BCUT2D eigenvalue weighted by molar-refractivity contribution is 0.649. The molecule has 0 aliphatic carbocycles. The average Bonchev–Trinajstić information content (AvgIpc) is 3.09. The van der Waals surface area contributed by atoms with Gasteiger partial charge in [-0.2, -0.15) is 10.2 Å².